The minimum atomic E-state index is -0.615. The molecule has 0 saturated carbocycles. The fourth-order valence-electron chi connectivity index (χ4n) is 1.96. The molecule has 0 aliphatic heterocycles. The smallest absolute Gasteiger partial charge is 0.137 e. The van der Waals surface area contributed by atoms with Crippen molar-refractivity contribution in [1.29, 1.82) is 5.26 Å². The van der Waals surface area contributed by atoms with Crippen LogP contribution in [0.5, 0.6) is 5.75 Å². The Labute approximate surface area is 126 Å². The molecule has 0 heterocycles. The lowest BCUT2D eigenvalue weighted by atomic mass is 10.2. The van der Waals surface area contributed by atoms with Crippen LogP contribution >= 0.6 is 0 Å². The summed E-state index contributed by atoms with van der Waals surface area (Å²) >= 11 is 0. The third-order valence-corrected chi connectivity index (χ3v) is 3.20. The summed E-state index contributed by atoms with van der Waals surface area (Å²) in [6.07, 6.45) is -0.615. The molecule has 1 rings (SSSR count). The maximum absolute atomic E-state index is 10.1. The molecule has 0 bridgehead atoms. The second kappa shape index (κ2) is 9.35. The van der Waals surface area contributed by atoms with Crippen molar-refractivity contribution in [3.05, 3.63) is 29.8 Å². The highest BCUT2D eigenvalue weighted by molar-refractivity contribution is 5.42. The van der Waals surface area contributed by atoms with Crippen LogP contribution in [0.1, 0.15) is 19.4 Å². The molecule has 0 aliphatic carbocycles. The lowest BCUT2D eigenvalue weighted by molar-refractivity contribution is 0.0452. The van der Waals surface area contributed by atoms with Gasteiger partial charge in [-0.2, -0.15) is 5.26 Å². The molecular weight excluding hydrogens is 268 g/mol. The van der Waals surface area contributed by atoms with Gasteiger partial charge >= 0.3 is 0 Å². The number of nitriles is 1. The van der Waals surface area contributed by atoms with E-state index in [1.54, 1.807) is 25.3 Å². The van der Waals surface area contributed by atoms with Crippen molar-refractivity contribution < 1.29 is 14.6 Å². The maximum atomic E-state index is 10.1. The number of methoxy groups -OCH3 is 1. The molecule has 1 N–H and O–H groups in total. The number of hydrogen-bond donors (Lipinski definition) is 1. The van der Waals surface area contributed by atoms with Crippen LogP contribution in [-0.2, 0) is 4.74 Å². The van der Waals surface area contributed by atoms with Crippen LogP contribution in [0.3, 0.4) is 0 Å². The summed E-state index contributed by atoms with van der Waals surface area (Å²) in [5.74, 6) is 0.507. The van der Waals surface area contributed by atoms with E-state index in [1.165, 1.54) is 0 Å². The Morgan fingerprint density at radius 2 is 2.05 bits per heavy atom. The SMILES string of the molecule is COCCN(CC(O)COc1ccccc1C#N)C(C)C. The van der Waals surface area contributed by atoms with Crippen LogP contribution in [0, 0.1) is 11.3 Å². The van der Waals surface area contributed by atoms with Crippen molar-refractivity contribution in [2.24, 2.45) is 0 Å². The third-order valence-electron chi connectivity index (χ3n) is 3.20. The van der Waals surface area contributed by atoms with E-state index in [9.17, 15) is 5.11 Å². The summed E-state index contributed by atoms with van der Waals surface area (Å²) < 4.78 is 10.6. The van der Waals surface area contributed by atoms with Crippen LogP contribution in [0.2, 0.25) is 0 Å². The molecule has 0 fully saturated rings. The number of para-hydroxylation sites is 1. The van der Waals surface area contributed by atoms with Gasteiger partial charge in [-0.25, -0.2) is 0 Å². The van der Waals surface area contributed by atoms with Gasteiger partial charge in [0, 0.05) is 26.2 Å². The molecule has 116 valence electrons. The fourth-order valence-corrected chi connectivity index (χ4v) is 1.96. The average Bonchev–Trinajstić information content (AvgIpc) is 2.49. The number of aliphatic hydroxyl groups excluding tert-OH is 1. The molecule has 5 nitrogen and oxygen atoms in total. The molecule has 0 saturated heterocycles. The van der Waals surface area contributed by atoms with Crippen LogP contribution in [0.25, 0.3) is 0 Å². The highest BCUT2D eigenvalue weighted by Crippen LogP contribution is 2.16. The standard InChI is InChI=1S/C16H24N2O3/c1-13(2)18(8-9-20-3)11-15(19)12-21-16-7-5-4-6-14(16)10-17/h4-7,13,15,19H,8-9,11-12H2,1-3H3. The Hall–Kier alpha value is -1.61. The Morgan fingerprint density at radius 1 is 1.33 bits per heavy atom. The number of nitrogens with zero attached hydrogens (tertiary/aromatic N) is 2. The van der Waals surface area contributed by atoms with Gasteiger partial charge in [-0.15, -0.1) is 0 Å². The highest BCUT2D eigenvalue weighted by atomic mass is 16.5. The van der Waals surface area contributed by atoms with E-state index in [-0.39, 0.29) is 6.61 Å². The van der Waals surface area contributed by atoms with Gasteiger partial charge in [-0.05, 0) is 26.0 Å². The predicted molar refractivity (Wildman–Crippen MR) is 81.2 cm³/mol. The first kappa shape index (κ1) is 17.4. The molecule has 1 unspecified atom stereocenters. The Morgan fingerprint density at radius 3 is 2.67 bits per heavy atom. The van der Waals surface area contributed by atoms with Crippen molar-refractivity contribution in [3.63, 3.8) is 0 Å². The first-order chi connectivity index (χ1) is 10.1. The molecule has 0 radical (unpaired) electrons. The zero-order chi connectivity index (χ0) is 15.7. The van der Waals surface area contributed by atoms with E-state index in [2.05, 4.69) is 24.8 Å². The second-order valence-electron chi connectivity index (χ2n) is 5.15. The molecule has 5 heteroatoms. The summed E-state index contributed by atoms with van der Waals surface area (Å²) in [4.78, 5) is 2.13. The summed E-state index contributed by atoms with van der Waals surface area (Å²) in [5.41, 5.74) is 0.477. The van der Waals surface area contributed by atoms with E-state index < -0.39 is 6.10 Å². The third kappa shape index (κ3) is 6.13. The van der Waals surface area contributed by atoms with Gasteiger partial charge in [0.15, 0.2) is 0 Å². The molecule has 0 aromatic heterocycles. The minimum absolute atomic E-state index is 0.162. The molecule has 0 amide bonds. The van der Waals surface area contributed by atoms with Gasteiger partial charge < -0.3 is 14.6 Å². The van der Waals surface area contributed by atoms with E-state index in [0.717, 1.165) is 6.54 Å². The topological polar surface area (TPSA) is 65.7 Å². The Kier molecular flexibility index (Phi) is 7.76. The van der Waals surface area contributed by atoms with Crippen molar-refractivity contribution >= 4 is 0 Å². The first-order valence-corrected chi connectivity index (χ1v) is 7.11. The second-order valence-corrected chi connectivity index (χ2v) is 5.15. The van der Waals surface area contributed by atoms with Gasteiger partial charge in [0.2, 0.25) is 0 Å². The molecule has 0 spiro atoms. The first-order valence-electron chi connectivity index (χ1n) is 7.11. The number of ether oxygens (including phenoxy) is 2. The monoisotopic (exact) mass is 292 g/mol. The largest absolute Gasteiger partial charge is 0.489 e. The fraction of sp³-hybridized carbons (Fsp3) is 0.562. The average molecular weight is 292 g/mol. The molecule has 1 atom stereocenters. The van der Waals surface area contributed by atoms with E-state index in [1.807, 2.05) is 6.07 Å². The van der Waals surface area contributed by atoms with Crippen LogP contribution < -0.4 is 4.74 Å². The minimum Gasteiger partial charge on any atom is -0.489 e. The zero-order valence-electron chi connectivity index (χ0n) is 13.0. The predicted octanol–water partition coefficient (Wildman–Crippen LogP) is 1.65. The quantitative estimate of drug-likeness (QED) is 0.750. The Bertz CT molecular complexity index is 457. The van der Waals surface area contributed by atoms with Crippen LogP contribution in [0.4, 0.5) is 0 Å². The van der Waals surface area contributed by atoms with Crippen LogP contribution in [-0.4, -0.2) is 55.6 Å². The summed E-state index contributed by atoms with van der Waals surface area (Å²) in [6.45, 7) is 6.22. The highest BCUT2D eigenvalue weighted by Gasteiger charge is 2.15. The lowest BCUT2D eigenvalue weighted by Crippen LogP contribution is -2.41. The van der Waals surface area contributed by atoms with Gasteiger partial charge in [0.1, 0.15) is 24.5 Å². The molecule has 21 heavy (non-hydrogen) atoms. The van der Waals surface area contributed by atoms with Crippen molar-refractivity contribution in [2.75, 3.05) is 33.4 Å². The molecule has 1 aromatic carbocycles. The van der Waals surface area contributed by atoms with Gasteiger partial charge in [-0.1, -0.05) is 12.1 Å². The van der Waals surface area contributed by atoms with Gasteiger partial charge in [0.05, 0.1) is 12.2 Å². The number of hydrogen-bond acceptors (Lipinski definition) is 5. The molecule has 0 aliphatic rings. The summed E-state index contributed by atoms with van der Waals surface area (Å²) in [7, 11) is 1.66. The summed E-state index contributed by atoms with van der Waals surface area (Å²) in [6, 6.07) is 9.41. The van der Waals surface area contributed by atoms with Gasteiger partial charge in [-0.3, -0.25) is 4.90 Å². The van der Waals surface area contributed by atoms with Crippen molar-refractivity contribution in [1.82, 2.24) is 4.90 Å². The van der Waals surface area contributed by atoms with Gasteiger partial charge in [0.25, 0.3) is 0 Å². The van der Waals surface area contributed by atoms with E-state index in [0.29, 0.717) is 30.5 Å². The maximum Gasteiger partial charge on any atom is 0.137 e. The zero-order valence-corrected chi connectivity index (χ0v) is 13.0. The van der Waals surface area contributed by atoms with Crippen LogP contribution in [0.15, 0.2) is 24.3 Å². The Balaban J connectivity index is 2.49. The number of aliphatic hydroxyl groups is 1. The summed E-state index contributed by atoms with van der Waals surface area (Å²) in [5, 5.41) is 19.1. The van der Waals surface area contributed by atoms with E-state index >= 15 is 0 Å². The molecular formula is C16H24N2O3. The van der Waals surface area contributed by atoms with Crippen molar-refractivity contribution in [2.45, 2.75) is 26.0 Å². The normalized spacial score (nSPS) is 12.4. The van der Waals surface area contributed by atoms with Crippen molar-refractivity contribution in [3.8, 4) is 11.8 Å². The molecule has 1 aromatic rings. The number of rotatable bonds is 9. The number of benzene rings is 1. The lowest BCUT2D eigenvalue weighted by Gasteiger charge is -2.28. The van der Waals surface area contributed by atoms with E-state index in [4.69, 9.17) is 14.7 Å².